The number of aromatic carboxylic acids is 1. The molecule has 0 aromatic carbocycles. The molecule has 2 rings (SSSR count). The molecule has 5 N–H and O–H groups in total. The van der Waals surface area contributed by atoms with Crippen LogP contribution < -0.4 is 72.7 Å². The van der Waals surface area contributed by atoms with Gasteiger partial charge in [-0.1, -0.05) is 0 Å². The second-order valence-corrected chi connectivity index (χ2v) is 5.43. The number of hydrogen-bond acceptors (Lipinski definition) is 10. The van der Waals surface area contributed by atoms with Gasteiger partial charge in [0.25, 0.3) is 11.5 Å². The first-order valence-corrected chi connectivity index (χ1v) is 8.39. The van der Waals surface area contributed by atoms with E-state index in [4.69, 9.17) is 20.9 Å². The third kappa shape index (κ3) is 8.07. The number of carboxylic acids is 1. The molecule has 2 heterocycles. The number of urea groups is 1. The van der Waals surface area contributed by atoms with Crippen molar-refractivity contribution in [3.8, 4) is 5.75 Å². The van der Waals surface area contributed by atoms with Crippen LogP contribution in [0.4, 0.5) is 4.79 Å². The number of imide groups is 1. The number of esters is 1. The van der Waals surface area contributed by atoms with Gasteiger partial charge in [0.1, 0.15) is 0 Å². The zero-order valence-electron chi connectivity index (χ0n) is 18.7. The standard InChI is InChI=1S/C9H12N2O5.C7H8N2O5.K.H2NO/c1-4-16-8(13)6(15-3)5-7(12)11(2)9(14)10-5;1-9-5(10)4(14-2)3(6(11)12)8-7(9)13;;1-2/h4H2,1-3H3,(H,10,14);1-2H3,(H,8,13)(H,11,12);;1-2H/q;;+1;-1/b6-5+;;;. The largest absolute Gasteiger partial charge is 1.00 e. The number of likely N-dealkylation sites (N-methyl/N-ethyl adjacent to an activating group) is 1. The number of carbonyl (C=O) groups excluding carboxylic acids is 3. The van der Waals surface area contributed by atoms with Crippen LogP contribution in [0.2, 0.25) is 0 Å². The summed E-state index contributed by atoms with van der Waals surface area (Å²) in [6.45, 7) is 1.77. The smallest absolute Gasteiger partial charge is 0.553 e. The minimum atomic E-state index is -1.42. The number of amides is 3. The molecule has 0 unspecified atom stereocenters. The number of carbonyl (C=O) groups is 4. The van der Waals surface area contributed by atoms with E-state index >= 15 is 0 Å². The Morgan fingerprint density at radius 3 is 2.00 bits per heavy atom. The quantitative estimate of drug-likeness (QED) is 0.0757. The van der Waals surface area contributed by atoms with Gasteiger partial charge in [-0.2, -0.15) is 0 Å². The predicted octanol–water partition coefficient (Wildman–Crippen LogP) is -4.20. The summed E-state index contributed by atoms with van der Waals surface area (Å²) in [7, 11) is 4.89. The topological polar surface area (TPSA) is 230 Å². The number of H-pyrrole nitrogens is 1. The zero-order chi connectivity index (χ0) is 25.2. The summed E-state index contributed by atoms with van der Waals surface area (Å²) in [5.41, 5.74) is -2.32. The number of ether oxygens (including phenoxy) is 3. The Labute approximate surface area is 228 Å². The second kappa shape index (κ2) is 15.3. The number of aromatic amines is 1. The first kappa shape index (κ1) is 32.6. The van der Waals surface area contributed by atoms with Crippen LogP contribution in [0.1, 0.15) is 17.4 Å². The van der Waals surface area contributed by atoms with E-state index in [1.165, 1.54) is 21.2 Å². The van der Waals surface area contributed by atoms with E-state index in [0.29, 0.717) is 0 Å². The molecule has 1 fully saturated rings. The van der Waals surface area contributed by atoms with Crippen molar-refractivity contribution in [2.75, 3.05) is 27.9 Å². The molecular weight excluding hydrogens is 477 g/mol. The van der Waals surface area contributed by atoms with Gasteiger partial charge in [0, 0.05) is 14.1 Å². The minimum Gasteiger partial charge on any atom is -0.553 e. The first-order valence-electron chi connectivity index (χ1n) is 8.39. The number of methoxy groups -OCH3 is 2. The molecule has 178 valence electrons. The number of hydrogen-bond donors (Lipinski definition) is 4. The van der Waals surface area contributed by atoms with Crippen molar-refractivity contribution >= 4 is 23.9 Å². The molecule has 0 spiro atoms. The van der Waals surface area contributed by atoms with Gasteiger partial charge in [0.05, 0.1) is 20.8 Å². The van der Waals surface area contributed by atoms with E-state index in [0.717, 1.165) is 16.6 Å². The van der Waals surface area contributed by atoms with Crippen LogP contribution in [0, 0.1) is 0 Å². The summed E-state index contributed by atoms with van der Waals surface area (Å²) >= 11 is 0. The van der Waals surface area contributed by atoms with Gasteiger partial charge in [0.2, 0.25) is 11.5 Å². The molecule has 17 heteroatoms. The molecule has 0 aliphatic carbocycles. The molecule has 33 heavy (non-hydrogen) atoms. The maximum absolute atomic E-state index is 11.5. The van der Waals surface area contributed by atoms with E-state index in [1.54, 1.807) is 6.92 Å². The molecule has 1 aliphatic heterocycles. The van der Waals surface area contributed by atoms with Crippen LogP contribution in [-0.2, 0) is 26.1 Å². The predicted molar refractivity (Wildman–Crippen MR) is 104 cm³/mol. The average Bonchev–Trinajstić information content (AvgIpc) is 3.01. The molecule has 1 aromatic rings. The Balaban J connectivity index is 0. The fraction of sp³-hybridized carbons (Fsp3) is 0.375. The molecule has 0 radical (unpaired) electrons. The Hall–Kier alpha value is -2.54. The Morgan fingerprint density at radius 1 is 1.09 bits per heavy atom. The zero-order valence-corrected chi connectivity index (χ0v) is 21.8. The fourth-order valence-corrected chi connectivity index (χ4v) is 2.08. The molecule has 3 amide bonds. The van der Waals surface area contributed by atoms with Crippen LogP contribution in [0.25, 0.3) is 5.90 Å². The summed E-state index contributed by atoms with van der Waals surface area (Å²) in [6, 6.07) is -0.612. The second-order valence-electron chi connectivity index (χ2n) is 5.43. The van der Waals surface area contributed by atoms with Crippen LogP contribution >= 0.6 is 0 Å². The average molecular weight is 499 g/mol. The van der Waals surface area contributed by atoms with Gasteiger partial charge in [0.15, 0.2) is 11.4 Å². The van der Waals surface area contributed by atoms with E-state index in [1.807, 2.05) is 4.98 Å². The van der Waals surface area contributed by atoms with E-state index < -0.39 is 40.8 Å². The van der Waals surface area contributed by atoms with Gasteiger partial charge in [-0.3, -0.25) is 29.4 Å². The molecule has 0 bridgehead atoms. The summed E-state index contributed by atoms with van der Waals surface area (Å²) in [6.07, 6.45) is 0. The van der Waals surface area contributed by atoms with Crippen molar-refractivity contribution in [2.24, 2.45) is 7.05 Å². The number of nitrogens with zero attached hydrogens (tertiary/aromatic N) is 2. The summed E-state index contributed by atoms with van der Waals surface area (Å²) in [4.78, 5) is 69.8. The number of carboxylic acid groups (broad SMARTS) is 1. The van der Waals surface area contributed by atoms with Crippen LogP contribution in [0.15, 0.2) is 21.0 Å². The molecule has 0 saturated carbocycles. The third-order valence-corrected chi connectivity index (χ3v) is 3.63. The van der Waals surface area contributed by atoms with Crippen molar-refractivity contribution < 1.29 is 95.1 Å². The summed E-state index contributed by atoms with van der Waals surface area (Å²) in [5, 5.41) is 17.1. The van der Waals surface area contributed by atoms with Crippen molar-refractivity contribution in [1.29, 1.82) is 0 Å². The monoisotopic (exact) mass is 499 g/mol. The SMILES string of the molecule is CCOC(=O)/C(OC)=C1\NC(=O)N(C)C1=O.COc1c(C(=O)O)[nH]c(=O)n(C)c1=O.[K+].[NH-]O. The molecule has 1 aromatic heterocycles. The number of nitrogens with one attached hydrogen (secondary N) is 3. The minimum absolute atomic E-state index is 0. The maximum Gasteiger partial charge on any atom is 1.00 e. The van der Waals surface area contributed by atoms with Gasteiger partial charge in [-0.15, -0.1) is 0 Å². The van der Waals surface area contributed by atoms with E-state index in [2.05, 4.69) is 14.8 Å². The molecule has 1 saturated heterocycles. The number of aromatic nitrogens is 2. The van der Waals surface area contributed by atoms with Crippen LogP contribution in [-0.4, -0.2) is 76.5 Å². The van der Waals surface area contributed by atoms with Gasteiger partial charge in [-0.25, -0.2) is 19.2 Å². The Bertz CT molecular complexity index is 1030. The molecule has 16 nitrogen and oxygen atoms in total. The maximum atomic E-state index is 11.5. The van der Waals surface area contributed by atoms with Crippen molar-refractivity contribution in [3.05, 3.63) is 43.9 Å². The summed E-state index contributed by atoms with van der Waals surface area (Å²) in [5.74, 6) is 1.22. The first-order chi connectivity index (χ1) is 15.0. The van der Waals surface area contributed by atoms with E-state index in [-0.39, 0.29) is 75.2 Å². The fourth-order valence-electron chi connectivity index (χ4n) is 2.08. The van der Waals surface area contributed by atoms with E-state index in [9.17, 15) is 28.8 Å². The van der Waals surface area contributed by atoms with Crippen molar-refractivity contribution in [1.82, 2.24) is 19.8 Å². The van der Waals surface area contributed by atoms with Gasteiger partial charge in [-0.05, 0) is 6.92 Å². The van der Waals surface area contributed by atoms with Gasteiger partial charge >= 0.3 is 75.0 Å². The molecular formula is C16H22KN5O11. The normalized spacial score (nSPS) is 13.2. The Morgan fingerprint density at radius 2 is 1.64 bits per heavy atom. The van der Waals surface area contributed by atoms with Crippen molar-refractivity contribution in [2.45, 2.75) is 6.92 Å². The number of rotatable bonds is 5. The Kier molecular flexibility index (Phi) is 15.2. The van der Waals surface area contributed by atoms with Gasteiger partial charge < -0.3 is 30.4 Å². The van der Waals surface area contributed by atoms with Crippen LogP contribution in [0.5, 0.6) is 5.75 Å². The summed E-state index contributed by atoms with van der Waals surface area (Å²) < 4.78 is 14.8. The third-order valence-electron chi connectivity index (χ3n) is 3.63. The van der Waals surface area contributed by atoms with Crippen LogP contribution in [0.3, 0.4) is 0 Å². The van der Waals surface area contributed by atoms with Crippen molar-refractivity contribution in [3.63, 3.8) is 0 Å². The molecule has 0 atom stereocenters. The molecule has 1 aliphatic rings.